The van der Waals surface area contributed by atoms with Gasteiger partial charge in [0.2, 0.25) is 0 Å². The van der Waals surface area contributed by atoms with Crippen LogP contribution >= 0.6 is 0 Å². The fourth-order valence-corrected chi connectivity index (χ4v) is 1.41. The molecule has 0 rings (SSSR count). The standard InChI is InChI=1S/C12H24O/c1-3-5-8-12(9-6-4-2)10-7-11-13/h10,13H,3-9,11H2,1-2H3. The third-order valence-electron chi connectivity index (χ3n) is 2.27. The van der Waals surface area contributed by atoms with Crippen LogP contribution in [-0.2, 0) is 0 Å². The number of unbranched alkanes of at least 4 members (excludes halogenated alkanes) is 2. The topological polar surface area (TPSA) is 20.2 Å². The maximum Gasteiger partial charge on any atom is 0.0465 e. The third kappa shape index (κ3) is 8.04. The van der Waals surface area contributed by atoms with Crippen molar-refractivity contribution in [3.63, 3.8) is 0 Å². The van der Waals surface area contributed by atoms with E-state index in [1.54, 1.807) is 5.57 Å². The Morgan fingerprint density at radius 2 is 1.62 bits per heavy atom. The predicted molar refractivity (Wildman–Crippen MR) is 58.8 cm³/mol. The highest BCUT2D eigenvalue weighted by Gasteiger charge is 1.96. The molecule has 0 amide bonds. The first kappa shape index (κ1) is 12.7. The van der Waals surface area contributed by atoms with Gasteiger partial charge in [-0.15, -0.1) is 0 Å². The maximum absolute atomic E-state index is 8.72. The molecular weight excluding hydrogens is 160 g/mol. The second kappa shape index (κ2) is 9.79. The first-order valence-corrected chi connectivity index (χ1v) is 5.63. The zero-order valence-corrected chi connectivity index (χ0v) is 9.18. The Labute approximate surface area is 82.9 Å². The van der Waals surface area contributed by atoms with E-state index in [1.807, 2.05) is 0 Å². The SMILES string of the molecule is CCCCC(=CCCO)CCCC. The van der Waals surface area contributed by atoms with Crippen LogP contribution in [-0.4, -0.2) is 11.7 Å². The van der Waals surface area contributed by atoms with Crippen molar-refractivity contribution < 1.29 is 5.11 Å². The highest BCUT2D eigenvalue weighted by molar-refractivity contribution is 5.01. The van der Waals surface area contributed by atoms with Crippen molar-refractivity contribution in [3.8, 4) is 0 Å². The van der Waals surface area contributed by atoms with E-state index in [0.29, 0.717) is 6.61 Å². The molecule has 13 heavy (non-hydrogen) atoms. The lowest BCUT2D eigenvalue weighted by molar-refractivity contribution is 0.302. The molecule has 0 radical (unpaired) electrons. The van der Waals surface area contributed by atoms with Gasteiger partial charge in [-0.25, -0.2) is 0 Å². The van der Waals surface area contributed by atoms with Gasteiger partial charge in [0.25, 0.3) is 0 Å². The van der Waals surface area contributed by atoms with E-state index in [9.17, 15) is 0 Å². The van der Waals surface area contributed by atoms with Crippen LogP contribution in [0.15, 0.2) is 11.6 Å². The Hall–Kier alpha value is -0.300. The van der Waals surface area contributed by atoms with Crippen molar-refractivity contribution in [3.05, 3.63) is 11.6 Å². The van der Waals surface area contributed by atoms with Crippen LogP contribution in [0.25, 0.3) is 0 Å². The predicted octanol–water partition coefficient (Wildman–Crippen LogP) is 3.68. The average Bonchev–Trinajstić information content (AvgIpc) is 2.17. The summed E-state index contributed by atoms with van der Waals surface area (Å²) >= 11 is 0. The smallest absolute Gasteiger partial charge is 0.0465 e. The largest absolute Gasteiger partial charge is 0.396 e. The highest BCUT2D eigenvalue weighted by Crippen LogP contribution is 2.15. The lowest BCUT2D eigenvalue weighted by Crippen LogP contribution is -1.87. The molecule has 0 bridgehead atoms. The summed E-state index contributed by atoms with van der Waals surface area (Å²) in [5, 5.41) is 8.72. The summed E-state index contributed by atoms with van der Waals surface area (Å²) in [5.41, 5.74) is 1.55. The van der Waals surface area contributed by atoms with Crippen molar-refractivity contribution in [2.75, 3.05) is 6.61 Å². The van der Waals surface area contributed by atoms with Crippen molar-refractivity contribution in [1.82, 2.24) is 0 Å². The van der Waals surface area contributed by atoms with E-state index in [0.717, 1.165) is 6.42 Å². The molecule has 78 valence electrons. The van der Waals surface area contributed by atoms with E-state index in [-0.39, 0.29) is 0 Å². The summed E-state index contributed by atoms with van der Waals surface area (Å²) < 4.78 is 0. The van der Waals surface area contributed by atoms with Crippen LogP contribution in [0.3, 0.4) is 0 Å². The van der Waals surface area contributed by atoms with E-state index >= 15 is 0 Å². The Morgan fingerprint density at radius 1 is 1.08 bits per heavy atom. The Balaban J connectivity index is 3.72. The van der Waals surface area contributed by atoms with Crippen molar-refractivity contribution in [2.24, 2.45) is 0 Å². The van der Waals surface area contributed by atoms with Gasteiger partial charge in [-0.1, -0.05) is 38.3 Å². The van der Waals surface area contributed by atoms with Gasteiger partial charge in [0, 0.05) is 6.61 Å². The molecule has 0 fully saturated rings. The van der Waals surface area contributed by atoms with E-state index in [4.69, 9.17) is 5.11 Å². The molecule has 0 unspecified atom stereocenters. The molecule has 0 aromatic rings. The zero-order valence-electron chi connectivity index (χ0n) is 9.18. The van der Waals surface area contributed by atoms with Crippen LogP contribution in [0.2, 0.25) is 0 Å². The summed E-state index contributed by atoms with van der Waals surface area (Å²) in [4.78, 5) is 0. The van der Waals surface area contributed by atoms with E-state index in [2.05, 4.69) is 19.9 Å². The molecular formula is C12H24O. The monoisotopic (exact) mass is 184 g/mol. The van der Waals surface area contributed by atoms with Crippen LogP contribution in [0.1, 0.15) is 58.8 Å². The van der Waals surface area contributed by atoms with Gasteiger partial charge in [-0.3, -0.25) is 0 Å². The number of hydrogen-bond donors (Lipinski definition) is 1. The molecule has 0 aliphatic rings. The van der Waals surface area contributed by atoms with Gasteiger partial charge in [-0.05, 0) is 32.1 Å². The summed E-state index contributed by atoms with van der Waals surface area (Å²) in [5.74, 6) is 0. The number of aliphatic hydroxyl groups excluding tert-OH is 1. The van der Waals surface area contributed by atoms with Crippen LogP contribution in [0, 0.1) is 0 Å². The van der Waals surface area contributed by atoms with Gasteiger partial charge < -0.3 is 5.11 Å². The maximum atomic E-state index is 8.72. The van der Waals surface area contributed by atoms with Crippen LogP contribution in [0.4, 0.5) is 0 Å². The first-order valence-electron chi connectivity index (χ1n) is 5.63. The molecule has 0 aliphatic carbocycles. The normalized spacial score (nSPS) is 10.1. The Morgan fingerprint density at radius 3 is 2.00 bits per heavy atom. The quantitative estimate of drug-likeness (QED) is 0.571. The molecule has 0 aromatic carbocycles. The molecule has 0 aliphatic heterocycles. The minimum absolute atomic E-state index is 0.293. The third-order valence-corrected chi connectivity index (χ3v) is 2.27. The second-order valence-electron chi connectivity index (χ2n) is 3.58. The van der Waals surface area contributed by atoms with E-state index < -0.39 is 0 Å². The van der Waals surface area contributed by atoms with Crippen molar-refractivity contribution in [1.29, 1.82) is 0 Å². The first-order chi connectivity index (χ1) is 6.35. The molecule has 0 aromatic heterocycles. The van der Waals surface area contributed by atoms with Crippen molar-refractivity contribution >= 4 is 0 Å². The molecule has 1 nitrogen and oxygen atoms in total. The summed E-state index contributed by atoms with van der Waals surface area (Å²) in [6, 6.07) is 0. The lowest BCUT2D eigenvalue weighted by Gasteiger charge is -2.05. The fraction of sp³-hybridized carbons (Fsp3) is 0.833. The van der Waals surface area contributed by atoms with Crippen molar-refractivity contribution in [2.45, 2.75) is 58.8 Å². The number of allylic oxidation sites excluding steroid dienone is 1. The molecule has 0 atom stereocenters. The summed E-state index contributed by atoms with van der Waals surface area (Å²) in [7, 11) is 0. The highest BCUT2D eigenvalue weighted by atomic mass is 16.2. The average molecular weight is 184 g/mol. The van der Waals surface area contributed by atoms with Gasteiger partial charge in [0.15, 0.2) is 0 Å². The Kier molecular flexibility index (Phi) is 9.56. The lowest BCUT2D eigenvalue weighted by atomic mass is 10.0. The zero-order chi connectivity index (χ0) is 9.94. The van der Waals surface area contributed by atoms with Gasteiger partial charge >= 0.3 is 0 Å². The summed E-state index contributed by atoms with van der Waals surface area (Å²) in [6.45, 7) is 4.74. The van der Waals surface area contributed by atoms with Crippen LogP contribution in [0.5, 0.6) is 0 Å². The molecule has 1 N–H and O–H groups in total. The molecule has 0 saturated heterocycles. The second-order valence-corrected chi connectivity index (χ2v) is 3.58. The number of hydrogen-bond acceptors (Lipinski definition) is 1. The van der Waals surface area contributed by atoms with Gasteiger partial charge in [-0.2, -0.15) is 0 Å². The minimum atomic E-state index is 0.293. The Bertz CT molecular complexity index is 117. The molecule has 1 heteroatoms. The van der Waals surface area contributed by atoms with Gasteiger partial charge in [0.05, 0.1) is 0 Å². The fourth-order valence-electron chi connectivity index (χ4n) is 1.41. The number of aliphatic hydroxyl groups is 1. The number of rotatable bonds is 8. The summed E-state index contributed by atoms with van der Waals surface area (Å²) in [6.07, 6.45) is 10.6. The van der Waals surface area contributed by atoms with Crippen LogP contribution < -0.4 is 0 Å². The minimum Gasteiger partial charge on any atom is -0.396 e. The van der Waals surface area contributed by atoms with E-state index in [1.165, 1.54) is 38.5 Å². The molecule has 0 saturated carbocycles. The molecule has 0 spiro atoms. The molecule has 0 heterocycles. The van der Waals surface area contributed by atoms with Gasteiger partial charge in [0.1, 0.15) is 0 Å².